The molecule has 0 atom stereocenters. The van der Waals surface area contributed by atoms with Crippen LogP contribution in [0.3, 0.4) is 0 Å². The summed E-state index contributed by atoms with van der Waals surface area (Å²) in [5.74, 6) is 0.882. The van der Waals surface area contributed by atoms with E-state index in [4.69, 9.17) is 39.8 Å². The van der Waals surface area contributed by atoms with Gasteiger partial charge in [-0.05, 0) is 35.9 Å². The van der Waals surface area contributed by atoms with E-state index in [0.29, 0.717) is 33.8 Å². The standard InChI is InChI=1S/C21H16Cl3N3/c22-15-9-10-19-18(11-15)26-20(27(19)13-14-5-2-1-3-6-14)12-25-21-16(23)7-4-8-17(21)24/h1-11,25H,12-13H2. The Morgan fingerprint density at radius 3 is 2.33 bits per heavy atom. The molecule has 6 heteroatoms. The molecule has 27 heavy (non-hydrogen) atoms. The number of imidazole rings is 1. The van der Waals surface area contributed by atoms with E-state index in [0.717, 1.165) is 16.9 Å². The largest absolute Gasteiger partial charge is 0.375 e. The highest BCUT2D eigenvalue weighted by Crippen LogP contribution is 2.30. The maximum absolute atomic E-state index is 6.27. The fourth-order valence-corrected chi connectivity index (χ4v) is 3.76. The van der Waals surface area contributed by atoms with Gasteiger partial charge in [-0.2, -0.15) is 0 Å². The summed E-state index contributed by atoms with van der Waals surface area (Å²) in [6, 6.07) is 21.5. The molecule has 3 nitrogen and oxygen atoms in total. The van der Waals surface area contributed by atoms with E-state index in [9.17, 15) is 0 Å². The summed E-state index contributed by atoms with van der Waals surface area (Å²) >= 11 is 18.7. The number of nitrogens with one attached hydrogen (secondary N) is 1. The van der Waals surface area contributed by atoms with Gasteiger partial charge in [0, 0.05) is 11.6 Å². The minimum absolute atomic E-state index is 0.489. The van der Waals surface area contributed by atoms with Gasteiger partial charge in [0.25, 0.3) is 0 Å². The van der Waals surface area contributed by atoms with E-state index in [1.165, 1.54) is 5.56 Å². The van der Waals surface area contributed by atoms with Crippen LogP contribution in [-0.4, -0.2) is 9.55 Å². The van der Waals surface area contributed by atoms with Crippen molar-refractivity contribution in [1.82, 2.24) is 9.55 Å². The molecule has 4 rings (SSSR count). The van der Waals surface area contributed by atoms with Gasteiger partial charge in [0.05, 0.1) is 33.3 Å². The summed E-state index contributed by atoms with van der Waals surface area (Å²) < 4.78 is 2.18. The topological polar surface area (TPSA) is 29.9 Å². The average molecular weight is 417 g/mol. The molecule has 0 bridgehead atoms. The van der Waals surface area contributed by atoms with Crippen LogP contribution in [0.25, 0.3) is 11.0 Å². The molecule has 0 amide bonds. The van der Waals surface area contributed by atoms with E-state index < -0.39 is 0 Å². The zero-order valence-electron chi connectivity index (χ0n) is 14.3. The molecule has 0 saturated carbocycles. The summed E-state index contributed by atoms with van der Waals surface area (Å²) in [5.41, 5.74) is 3.80. The first-order valence-electron chi connectivity index (χ1n) is 8.48. The number of aromatic nitrogens is 2. The van der Waals surface area contributed by atoms with Crippen molar-refractivity contribution in [2.45, 2.75) is 13.1 Å². The second-order valence-electron chi connectivity index (χ2n) is 6.18. The fraction of sp³-hybridized carbons (Fsp3) is 0.0952. The summed E-state index contributed by atoms with van der Waals surface area (Å²) in [7, 11) is 0. The molecule has 4 aromatic rings. The molecule has 0 aliphatic heterocycles. The number of hydrogen-bond acceptors (Lipinski definition) is 2. The molecule has 0 spiro atoms. The van der Waals surface area contributed by atoms with Gasteiger partial charge in [-0.25, -0.2) is 4.98 Å². The second-order valence-corrected chi connectivity index (χ2v) is 7.43. The molecule has 0 radical (unpaired) electrons. The van der Waals surface area contributed by atoms with Crippen molar-refractivity contribution in [1.29, 1.82) is 0 Å². The molecule has 0 saturated heterocycles. The lowest BCUT2D eigenvalue weighted by atomic mass is 10.2. The van der Waals surface area contributed by atoms with Crippen molar-refractivity contribution in [2.75, 3.05) is 5.32 Å². The van der Waals surface area contributed by atoms with Gasteiger partial charge in [0.2, 0.25) is 0 Å². The molecule has 1 heterocycles. The highest BCUT2D eigenvalue weighted by Gasteiger charge is 2.13. The molecule has 0 unspecified atom stereocenters. The maximum atomic E-state index is 6.27. The lowest BCUT2D eigenvalue weighted by Gasteiger charge is -2.13. The van der Waals surface area contributed by atoms with E-state index in [1.54, 1.807) is 0 Å². The first-order chi connectivity index (χ1) is 13.1. The van der Waals surface area contributed by atoms with Crippen molar-refractivity contribution < 1.29 is 0 Å². The highest BCUT2D eigenvalue weighted by molar-refractivity contribution is 6.39. The van der Waals surface area contributed by atoms with E-state index >= 15 is 0 Å². The molecule has 1 aromatic heterocycles. The Kier molecular flexibility index (Phi) is 5.26. The van der Waals surface area contributed by atoms with Crippen molar-refractivity contribution in [3.8, 4) is 0 Å². The van der Waals surface area contributed by atoms with E-state index in [-0.39, 0.29) is 0 Å². The van der Waals surface area contributed by atoms with Gasteiger partial charge in [0.1, 0.15) is 5.82 Å². The minimum Gasteiger partial charge on any atom is -0.375 e. The number of rotatable bonds is 5. The van der Waals surface area contributed by atoms with Crippen LogP contribution >= 0.6 is 34.8 Å². The third-order valence-corrected chi connectivity index (χ3v) is 5.22. The zero-order chi connectivity index (χ0) is 18.8. The molecule has 136 valence electrons. The Morgan fingerprint density at radius 2 is 1.59 bits per heavy atom. The molecule has 0 aliphatic carbocycles. The average Bonchev–Trinajstić information content (AvgIpc) is 2.99. The number of hydrogen-bond donors (Lipinski definition) is 1. The number of benzene rings is 3. The smallest absolute Gasteiger partial charge is 0.129 e. The van der Waals surface area contributed by atoms with Crippen molar-refractivity contribution in [3.63, 3.8) is 0 Å². The number of nitrogens with zero attached hydrogens (tertiary/aromatic N) is 2. The first kappa shape index (κ1) is 18.2. The lowest BCUT2D eigenvalue weighted by molar-refractivity contribution is 0.756. The van der Waals surface area contributed by atoms with Crippen LogP contribution in [0.4, 0.5) is 5.69 Å². The predicted octanol–water partition coefficient (Wildman–Crippen LogP) is 6.66. The van der Waals surface area contributed by atoms with Gasteiger partial charge in [-0.15, -0.1) is 0 Å². The van der Waals surface area contributed by atoms with Crippen LogP contribution in [0.1, 0.15) is 11.4 Å². The van der Waals surface area contributed by atoms with Gasteiger partial charge in [0.15, 0.2) is 0 Å². The second kappa shape index (κ2) is 7.81. The highest BCUT2D eigenvalue weighted by atomic mass is 35.5. The van der Waals surface area contributed by atoms with Crippen molar-refractivity contribution in [3.05, 3.63) is 93.2 Å². The zero-order valence-corrected chi connectivity index (χ0v) is 16.6. The first-order valence-corrected chi connectivity index (χ1v) is 9.61. The van der Waals surface area contributed by atoms with Gasteiger partial charge < -0.3 is 9.88 Å². The van der Waals surface area contributed by atoms with Gasteiger partial charge in [-0.1, -0.05) is 71.2 Å². The molecular weight excluding hydrogens is 401 g/mol. The summed E-state index contributed by atoms with van der Waals surface area (Å²) in [5, 5.41) is 5.15. The van der Waals surface area contributed by atoms with Crippen LogP contribution in [0.5, 0.6) is 0 Å². The molecule has 0 fully saturated rings. The Hall–Kier alpha value is -2.20. The van der Waals surface area contributed by atoms with Crippen molar-refractivity contribution in [2.24, 2.45) is 0 Å². The Bertz CT molecular complexity index is 1070. The van der Waals surface area contributed by atoms with Crippen LogP contribution in [0.15, 0.2) is 66.7 Å². The summed E-state index contributed by atoms with van der Waals surface area (Å²) in [6.07, 6.45) is 0. The quantitative estimate of drug-likeness (QED) is 0.394. The monoisotopic (exact) mass is 415 g/mol. The van der Waals surface area contributed by atoms with E-state index in [2.05, 4.69) is 22.0 Å². The van der Waals surface area contributed by atoms with Crippen molar-refractivity contribution >= 4 is 51.5 Å². The number of para-hydroxylation sites is 1. The van der Waals surface area contributed by atoms with Crippen LogP contribution in [-0.2, 0) is 13.1 Å². The van der Waals surface area contributed by atoms with E-state index in [1.807, 2.05) is 54.6 Å². The minimum atomic E-state index is 0.489. The number of fused-ring (bicyclic) bond motifs is 1. The summed E-state index contributed by atoms with van der Waals surface area (Å²) in [6.45, 7) is 1.20. The molecular formula is C21H16Cl3N3. The Labute approximate surface area is 172 Å². The fourth-order valence-electron chi connectivity index (χ4n) is 3.06. The Balaban J connectivity index is 1.71. The third-order valence-electron chi connectivity index (χ3n) is 4.36. The predicted molar refractivity (Wildman–Crippen MR) is 114 cm³/mol. The number of halogens is 3. The van der Waals surface area contributed by atoms with Crippen LogP contribution in [0.2, 0.25) is 15.1 Å². The van der Waals surface area contributed by atoms with Crippen LogP contribution in [0, 0.1) is 0 Å². The summed E-state index contributed by atoms with van der Waals surface area (Å²) in [4.78, 5) is 4.77. The third kappa shape index (κ3) is 3.91. The van der Waals surface area contributed by atoms with Gasteiger partial charge >= 0.3 is 0 Å². The lowest BCUT2D eigenvalue weighted by Crippen LogP contribution is -2.10. The van der Waals surface area contributed by atoms with Gasteiger partial charge in [-0.3, -0.25) is 0 Å². The SMILES string of the molecule is Clc1ccc2c(c1)nc(CNc1c(Cl)cccc1Cl)n2Cc1ccccc1. The van der Waals surface area contributed by atoms with Crippen LogP contribution < -0.4 is 5.32 Å². The molecule has 0 aliphatic rings. The molecule has 3 aromatic carbocycles. The normalized spacial score (nSPS) is 11.1. The molecule has 1 N–H and O–H groups in total. The Morgan fingerprint density at radius 1 is 0.852 bits per heavy atom. The maximum Gasteiger partial charge on any atom is 0.129 e. The number of anilines is 1.